The van der Waals surface area contributed by atoms with Crippen LogP contribution < -0.4 is 0 Å². The molecule has 0 saturated carbocycles. The number of aliphatic hydroxyl groups is 1. The van der Waals surface area contributed by atoms with Gasteiger partial charge in [0.2, 0.25) is 0 Å². The van der Waals surface area contributed by atoms with Crippen LogP contribution in [0.1, 0.15) is 52.9 Å². The minimum atomic E-state index is 0.130. The summed E-state index contributed by atoms with van der Waals surface area (Å²) in [6.07, 6.45) is 5.86. The van der Waals surface area contributed by atoms with Crippen LogP contribution in [-0.4, -0.2) is 37.6 Å². The molecule has 0 heterocycles. The molecule has 0 unspecified atom stereocenters. The Labute approximate surface area is 107 Å². The van der Waals surface area contributed by atoms with E-state index >= 15 is 0 Å². The quantitative estimate of drug-likeness (QED) is 0.538. The molecule has 104 valence electrons. The van der Waals surface area contributed by atoms with Crippen molar-refractivity contribution in [1.82, 2.24) is 0 Å². The van der Waals surface area contributed by atoms with Crippen molar-refractivity contribution in [3.63, 3.8) is 0 Å². The molecule has 0 saturated heterocycles. The van der Waals surface area contributed by atoms with E-state index < -0.39 is 0 Å². The second-order valence-electron chi connectivity index (χ2n) is 4.71. The second-order valence-corrected chi connectivity index (χ2v) is 4.71. The maximum atomic E-state index is 8.63. The fourth-order valence-corrected chi connectivity index (χ4v) is 1.70. The highest BCUT2D eigenvalue weighted by Crippen LogP contribution is 2.13. The minimum Gasteiger partial charge on any atom is -0.396 e. The third-order valence-electron chi connectivity index (χ3n) is 2.95. The van der Waals surface area contributed by atoms with Gasteiger partial charge in [0.1, 0.15) is 0 Å². The third kappa shape index (κ3) is 10.7. The van der Waals surface area contributed by atoms with Crippen molar-refractivity contribution in [1.29, 1.82) is 0 Å². The van der Waals surface area contributed by atoms with Gasteiger partial charge in [-0.3, -0.25) is 0 Å². The maximum Gasteiger partial charge on any atom is 0.0780 e. The van der Waals surface area contributed by atoms with Gasteiger partial charge in [0, 0.05) is 19.8 Å². The van der Waals surface area contributed by atoms with Gasteiger partial charge in [-0.15, -0.1) is 0 Å². The smallest absolute Gasteiger partial charge is 0.0780 e. The Hall–Kier alpha value is -0.120. The lowest BCUT2D eigenvalue weighted by Gasteiger charge is -2.17. The summed E-state index contributed by atoms with van der Waals surface area (Å²) < 4.78 is 11.2. The van der Waals surface area contributed by atoms with Crippen LogP contribution in [0.2, 0.25) is 0 Å². The summed E-state index contributed by atoms with van der Waals surface area (Å²) >= 11 is 0. The molecular formula is C14H30O3. The largest absolute Gasteiger partial charge is 0.396 e. The zero-order valence-electron chi connectivity index (χ0n) is 11.8. The highest BCUT2D eigenvalue weighted by atomic mass is 16.5. The van der Waals surface area contributed by atoms with E-state index in [1.807, 2.05) is 6.92 Å². The van der Waals surface area contributed by atoms with Crippen LogP contribution in [0, 0.1) is 5.92 Å². The van der Waals surface area contributed by atoms with Crippen LogP contribution >= 0.6 is 0 Å². The lowest BCUT2D eigenvalue weighted by Crippen LogP contribution is -2.20. The van der Waals surface area contributed by atoms with Crippen molar-refractivity contribution in [3.8, 4) is 0 Å². The highest BCUT2D eigenvalue weighted by molar-refractivity contribution is 4.57. The fraction of sp³-hybridized carbons (Fsp3) is 1.00. The molecular weight excluding hydrogens is 216 g/mol. The number of rotatable bonds is 12. The molecule has 0 aromatic carbocycles. The normalized spacial score (nSPS) is 14.8. The zero-order valence-corrected chi connectivity index (χ0v) is 11.8. The summed E-state index contributed by atoms with van der Waals surface area (Å²) in [5.41, 5.74) is 0. The molecule has 3 nitrogen and oxygen atoms in total. The van der Waals surface area contributed by atoms with Gasteiger partial charge in [0.05, 0.1) is 12.7 Å². The van der Waals surface area contributed by atoms with Gasteiger partial charge in [-0.2, -0.15) is 0 Å². The van der Waals surface area contributed by atoms with E-state index in [-0.39, 0.29) is 12.7 Å². The van der Waals surface area contributed by atoms with Gasteiger partial charge >= 0.3 is 0 Å². The molecule has 0 amide bonds. The van der Waals surface area contributed by atoms with Crippen LogP contribution in [0.5, 0.6) is 0 Å². The predicted octanol–water partition coefficient (Wildman–Crippen LogP) is 3.01. The molecule has 3 heteroatoms. The summed E-state index contributed by atoms with van der Waals surface area (Å²) in [4.78, 5) is 0. The van der Waals surface area contributed by atoms with Crippen LogP contribution in [0.4, 0.5) is 0 Å². The van der Waals surface area contributed by atoms with Gasteiger partial charge in [-0.1, -0.05) is 33.1 Å². The number of ether oxygens (including phenoxy) is 2. The van der Waals surface area contributed by atoms with Gasteiger partial charge in [-0.05, 0) is 25.7 Å². The van der Waals surface area contributed by atoms with E-state index in [1.54, 1.807) is 0 Å². The zero-order chi connectivity index (χ0) is 12.9. The lowest BCUT2D eigenvalue weighted by molar-refractivity contribution is -0.0200. The third-order valence-corrected chi connectivity index (χ3v) is 2.95. The van der Waals surface area contributed by atoms with E-state index in [4.69, 9.17) is 14.6 Å². The highest BCUT2D eigenvalue weighted by Gasteiger charge is 2.08. The summed E-state index contributed by atoms with van der Waals surface area (Å²) in [5.74, 6) is 0.694. The Morgan fingerprint density at radius 2 is 1.88 bits per heavy atom. The summed E-state index contributed by atoms with van der Waals surface area (Å²) in [6.45, 7) is 8.80. The predicted molar refractivity (Wildman–Crippen MR) is 71.2 cm³/mol. The summed E-state index contributed by atoms with van der Waals surface area (Å²) in [5, 5.41) is 8.63. The molecule has 0 fully saturated rings. The van der Waals surface area contributed by atoms with Gasteiger partial charge in [0.15, 0.2) is 0 Å². The molecule has 0 aliphatic carbocycles. The molecule has 0 aliphatic heterocycles. The standard InChI is InChI=1S/C14H30O3/c1-4-6-8-14(5-2)12-16-11-13(3)17-10-7-9-15/h13-15H,4-12H2,1-3H3/t13-,14-/m1/s1. The van der Waals surface area contributed by atoms with Crippen molar-refractivity contribution < 1.29 is 14.6 Å². The van der Waals surface area contributed by atoms with Gasteiger partial charge < -0.3 is 14.6 Å². The monoisotopic (exact) mass is 246 g/mol. The summed E-state index contributed by atoms with van der Waals surface area (Å²) in [6, 6.07) is 0. The number of hydrogen-bond acceptors (Lipinski definition) is 3. The second kappa shape index (κ2) is 12.3. The Morgan fingerprint density at radius 3 is 2.47 bits per heavy atom. The number of unbranched alkanes of at least 4 members (excludes halogenated alkanes) is 1. The van der Waals surface area contributed by atoms with Crippen LogP contribution in [0.3, 0.4) is 0 Å². The van der Waals surface area contributed by atoms with Crippen molar-refractivity contribution in [2.45, 2.75) is 59.0 Å². The van der Waals surface area contributed by atoms with Gasteiger partial charge in [-0.25, -0.2) is 0 Å². The first-order valence-corrected chi connectivity index (χ1v) is 7.04. The first-order valence-electron chi connectivity index (χ1n) is 7.04. The lowest BCUT2D eigenvalue weighted by atomic mass is 10.0. The molecule has 0 spiro atoms. The van der Waals surface area contributed by atoms with Crippen LogP contribution in [0.15, 0.2) is 0 Å². The average Bonchev–Trinajstić information content (AvgIpc) is 2.34. The Balaban J connectivity index is 3.45. The molecule has 2 atom stereocenters. The SMILES string of the molecule is CCCC[C@@H](CC)COC[C@@H](C)OCCCO. The van der Waals surface area contributed by atoms with E-state index in [0.717, 1.165) is 6.61 Å². The van der Waals surface area contributed by atoms with Crippen LogP contribution in [-0.2, 0) is 9.47 Å². The molecule has 0 bridgehead atoms. The molecule has 1 N–H and O–H groups in total. The molecule has 17 heavy (non-hydrogen) atoms. The van der Waals surface area contributed by atoms with Gasteiger partial charge in [0.25, 0.3) is 0 Å². The Bertz CT molecular complexity index is 150. The fourth-order valence-electron chi connectivity index (χ4n) is 1.70. The van der Waals surface area contributed by atoms with E-state index in [1.165, 1.54) is 25.7 Å². The topological polar surface area (TPSA) is 38.7 Å². The average molecular weight is 246 g/mol. The molecule has 0 rings (SSSR count). The first kappa shape index (κ1) is 16.9. The van der Waals surface area contributed by atoms with Crippen molar-refractivity contribution >= 4 is 0 Å². The van der Waals surface area contributed by atoms with E-state index in [0.29, 0.717) is 25.6 Å². The van der Waals surface area contributed by atoms with Crippen LogP contribution in [0.25, 0.3) is 0 Å². The summed E-state index contributed by atoms with van der Waals surface area (Å²) in [7, 11) is 0. The van der Waals surface area contributed by atoms with Crippen molar-refractivity contribution in [3.05, 3.63) is 0 Å². The number of hydrogen-bond donors (Lipinski definition) is 1. The van der Waals surface area contributed by atoms with E-state index in [2.05, 4.69) is 13.8 Å². The Kier molecular flexibility index (Phi) is 12.3. The molecule has 0 radical (unpaired) electrons. The van der Waals surface area contributed by atoms with E-state index in [9.17, 15) is 0 Å². The molecule has 0 aliphatic rings. The number of aliphatic hydroxyl groups excluding tert-OH is 1. The Morgan fingerprint density at radius 1 is 1.12 bits per heavy atom. The molecule has 0 aromatic rings. The van der Waals surface area contributed by atoms with Crippen molar-refractivity contribution in [2.75, 3.05) is 26.4 Å². The van der Waals surface area contributed by atoms with Crippen molar-refractivity contribution in [2.24, 2.45) is 5.92 Å². The maximum absolute atomic E-state index is 8.63. The minimum absolute atomic E-state index is 0.130. The first-order chi connectivity index (χ1) is 8.24. The molecule has 0 aromatic heterocycles.